The lowest BCUT2D eigenvalue weighted by molar-refractivity contribution is -0.140. The number of carboxylic acid groups (broad SMARTS) is 1. The minimum atomic E-state index is -2.31. The van der Waals surface area contributed by atoms with Gasteiger partial charge in [0, 0.05) is 6.54 Å². The van der Waals surface area contributed by atoms with Crippen molar-refractivity contribution in [3.05, 3.63) is 35.4 Å². The van der Waals surface area contributed by atoms with E-state index in [-0.39, 0.29) is 12.3 Å². The van der Waals surface area contributed by atoms with Crippen molar-refractivity contribution >= 4 is 23.3 Å². The highest BCUT2D eigenvalue weighted by atomic mass is 32.2. The summed E-state index contributed by atoms with van der Waals surface area (Å²) >= 11 is -2.31. The minimum absolute atomic E-state index is 0.0918. The van der Waals surface area contributed by atoms with Crippen molar-refractivity contribution in [2.24, 2.45) is 0 Å². The minimum Gasteiger partial charge on any atom is -0.479 e. The molecule has 110 valence electrons. The molecule has 0 saturated heterocycles. The van der Waals surface area contributed by atoms with Crippen LogP contribution in [0.2, 0.25) is 0 Å². The van der Waals surface area contributed by atoms with E-state index in [2.05, 4.69) is 14.2 Å². The maximum absolute atomic E-state index is 11.4. The number of benzene rings is 1. The van der Waals surface area contributed by atoms with Crippen LogP contribution in [0.5, 0.6) is 0 Å². The number of aliphatic carboxylic acids is 1. The molecule has 1 atom stereocenters. The third-order valence-electron chi connectivity index (χ3n) is 2.11. The van der Waals surface area contributed by atoms with Crippen molar-refractivity contribution < 1.29 is 32.4 Å². The zero-order chi connectivity index (χ0) is 15.0. The van der Waals surface area contributed by atoms with Crippen LogP contribution < -0.4 is 5.32 Å². The van der Waals surface area contributed by atoms with Gasteiger partial charge in [0.25, 0.3) is 0 Å². The molecule has 1 aromatic rings. The standard InChI is InChI=1S/C11H13NO7S/c13-10(14)6-18-11(15)9-3-1-8(2-4-9)5-12-7-19-20(16)17/h1-4,12H,5-7H2,(H,13,14)(H,16,17). The van der Waals surface area contributed by atoms with Gasteiger partial charge in [-0.05, 0) is 17.7 Å². The molecule has 0 aliphatic heterocycles. The number of carbonyl (C=O) groups excluding carboxylic acids is 1. The van der Waals surface area contributed by atoms with E-state index in [0.717, 1.165) is 5.56 Å². The number of esters is 1. The van der Waals surface area contributed by atoms with E-state index < -0.39 is 29.9 Å². The molecule has 0 radical (unpaired) electrons. The summed E-state index contributed by atoms with van der Waals surface area (Å²) in [6.07, 6.45) is 0. The number of rotatable bonds is 8. The second kappa shape index (κ2) is 8.38. The Morgan fingerprint density at radius 2 is 1.90 bits per heavy atom. The van der Waals surface area contributed by atoms with Gasteiger partial charge in [0.15, 0.2) is 6.61 Å². The Labute approximate surface area is 117 Å². The second-order valence-corrected chi connectivity index (χ2v) is 4.24. The number of nitrogens with one attached hydrogen (secondary N) is 1. The molecule has 0 aliphatic rings. The van der Waals surface area contributed by atoms with Crippen LogP contribution in [0.3, 0.4) is 0 Å². The largest absolute Gasteiger partial charge is 0.479 e. The molecule has 0 aromatic heterocycles. The number of hydrogen-bond acceptors (Lipinski definition) is 6. The molecule has 0 heterocycles. The van der Waals surface area contributed by atoms with Gasteiger partial charge in [-0.25, -0.2) is 9.59 Å². The third kappa shape index (κ3) is 6.38. The zero-order valence-corrected chi connectivity index (χ0v) is 11.1. The molecule has 9 heteroatoms. The van der Waals surface area contributed by atoms with Gasteiger partial charge in [-0.15, -0.1) is 0 Å². The summed E-state index contributed by atoms with van der Waals surface area (Å²) in [6.45, 7) is -0.398. The van der Waals surface area contributed by atoms with Gasteiger partial charge in [0.2, 0.25) is 0 Å². The lowest BCUT2D eigenvalue weighted by Gasteiger charge is -2.05. The van der Waals surface area contributed by atoms with Crippen LogP contribution in [0.25, 0.3) is 0 Å². The predicted molar refractivity (Wildman–Crippen MR) is 67.9 cm³/mol. The van der Waals surface area contributed by atoms with E-state index in [1.165, 1.54) is 12.1 Å². The average Bonchev–Trinajstić information content (AvgIpc) is 2.41. The van der Waals surface area contributed by atoms with Gasteiger partial charge in [0.1, 0.15) is 6.73 Å². The quantitative estimate of drug-likeness (QED) is 0.268. The molecule has 0 saturated carbocycles. The van der Waals surface area contributed by atoms with Gasteiger partial charge < -0.3 is 9.84 Å². The van der Waals surface area contributed by atoms with Crippen LogP contribution in [0.4, 0.5) is 0 Å². The van der Waals surface area contributed by atoms with E-state index in [0.29, 0.717) is 6.54 Å². The summed E-state index contributed by atoms with van der Waals surface area (Å²) < 4.78 is 27.4. The van der Waals surface area contributed by atoms with Crippen LogP contribution >= 0.6 is 0 Å². The van der Waals surface area contributed by atoms with Gasteiger partial charge in [0.05, 0.1) is 5.56 Å². The molecule has 0 aliphatic carbocycles. The Balaban J connectivity index is 2.41. The zero-order valence-electron chi connectivity index (χ0n) is 10.3. The molecule has 1 unspecified atom stereocenters. The fraction of sp³-hybridized carbons (Fsp3) is 0.273. The SMILES string of the molecule is O=C(O)COC(=O)c1ccc(CNCOS(=O)O)cc1. The molecule has 0 fully saturated rings. The normalized spacial score (nSPS) is 11.8. The predicted octanol–water partition coefficient (Wildman–Crippen LogP) is 0.128. The molecule has 1 aromatic carbocycles. The van der Waals surface area contributed by atoms with Gasteiger partial charge in [-0.3, -0.25) is 14.1 Å². The van der Waals surface area contributed by atoms with Crippen LogP contribution in [0.15, 0.2) is 24.3 Å². The summed E-state index contributed by atoms with van der Waals surface area (Å²) in [4.78, 5) is 21.7. The van der Waals surface area contributed by atoms with Crippen molar-refractivity contribution in [3.63, 3.8) is 0 Å². The molecule has 1 rings (SSSR count). The van der Waals surface area contributed by atoms with Gasteiger partial charge in [-0.2, -0.15) is 4.21 Å². The topological polar surface area (TPSA) is 122 Å². The Morgan fingerprint density at radius 3 is 2.45 bits per heavy atom. The lowest BCUT2D eigenvalue weighted by atomic mass is 10.1. The molecule has 8 nitrogen and oxygen atoms in total. The lowest BCUT2D eigenvalue weighted by Crippen LogP contribution is -2.18. The van der Waals surface area contributed by atoms with E-state index in [1.807, 2.05) is 0 Å². The van der Waals surface area contributed by atoms with Crippen molar-refractivity contribution in [1.29, 1.82) is 0 Å². The number of carbonyl (C=O) groups is 2. The third-order valence-corrected chi connectivity index (χ3v) is 2.43. The number of ether oxygens (including phenoxy) is 1. The Hall–Kier alpha value is -1.81. The van der Waals surface area contributed by atoms with Crippen molar-refractivity contribution in [3.8, 4) is 0 Å². The fourth-order valence-corrected chi connectivity index (χ4v) is 1.44. The monoisotopic (exact) mass is 303 g/mol. The maximum atomic E-state index is 11.4. The van der Waals surface area contributed by atoms with Crippen LogP contribution in [0.1, 0.15) is 15.9 Å². The highest BCUT2D eigenvalue weighted by molar-refractivity contribution is 7.74. The molecule has 0 spiro atoms. The summed E-state index contributed by atoms with van der Waals surface area (Å²) in [6, 6.07) is 6.26. The fourth-order valence-electron chi connectivity index (χ4n) is 1.26. The maximum Gasteiger partial charge on any atom is 0.341 e. The van der Waals surface area contributed by atoms with Crippen molar-refractivity contribution in [2.45, 2.75) is 6.54 Å². The van der Waals surface area contributed by atoms with Gasteiger partial charge >= 0.3 is 23.3 Å². The van der Waals surface area contributed by atoms with Crippen molar-refractivity contribution in [1.82, 2.24) is 5.32 Å². The Bertz CT molecular complexity index is 488. The Morgan fingerprint density at radius 1 is 1.25 bits per heavy atom. The van der Waals surface area contributed by atoms with Crippen LogP contribution in [-0.4, -0.2) is 39.1 Å². The van der Waals surface area contributed by atoms with E-state index >= 15 is 0 Å². The molecular weight excluding hydrogens is 290 g/mol. The highest BCUT2D eigenvalue weighted by Gasteiger charge is 2.08. The van der Waals surface area contributed by atoms with Gasteiger partial charge in [-0.1, -0.05) is 12.1 Å². The smallest absolute Gasteiger partial charge is 0.341 e. The number of hydrogen-bond donors (Lipinski definition) is 3. The summed E-state index contributed by atoms with van der Waals surface area (Å²) in [5.41, 5.74) is 1.05. The summed E-state index contributed by atoms with van der Waals surface area (Å²) in [5.74, 6) is -1.94. The van der Waals surface area contributed by atoms with Crippen molar-refractivity contribution in [2.75, 3.05) is 13.3 Å². The summed E-state index contributed by atoms with van der Waals surface area (Å²) in [5, 5.41) is 11.1. The molecule has 20 heavy (non-hydrogen) atoms. The van der Waals surface area contributed by atoms with E-state index in [9.17, 15) is 13.8 Å². The first-order valence-corrected chi connectivity index (χ1v) is 6.45. The Kier molecular flexibility index (Phi) is 6.81. The number of carboxylic acids is 1. The van der Waals surface area contributed by atoms with E-state index in [1.54, 1.807) is 12.1 Å². The van der Waals surface area contributed by atoms with Crippen LogP contribution in [-0.2, 0) is 31.6 Å². The first kappa shape index (κ1) is 16.2. The molecule has 0 amide bonds. The molecule has 0 bridgehead atoms. The second-order valence-electron chi connectivity index (χ2n) is 3.57. The first-order chi connectivity index (χ1) is 9.49. The molecular formula is C11H13NO7S. The average molecular weight is 303 g/mol. The first-order valence-electron chi connectivity index (χ1n) is 5.41. The summed E-state index contributed by atoms with van der Waals surface area (Å²) in [7, 11) is 0. The van der Waals surface area contributed by atoms with Crippen LogP contribution in [0, 0.1) is 0 Å². The van der Waals surface area contributed by atoms with E-state index in [4.69, 9.17) is 9.66 Å². The highest BCUT2D eigenvalue weighted by Crippen LogP contribution is 2.06. The molecule has 3 N–H and O–H groups in total.